The first-order valence-corrected chi connectivity index (χ1v) is 10.3. The number of thioether (sulfide) groups is 1. The van der Waals surface area contributed by atoms with Gasteiger partial charge >= 0.3 is 0 Å². The molecule has 3 rings (SSSR count). The molecule has 0 aliphatic carbocycles. The molecule has 0 spiro atoms. The maximum Gasteiger partial charge on any atom is 0.250 e. The summed E-state index contributed by atoms with van der Waals surface area (Å²) in [7, 11) is -3.03. The van der Waals surface area contributed by atoms with Crippen LogP contribution in [0.3, 0.4) is 0 Å². The van der Waals surface area contributed by atoms with Gasteiger partial charge in [0.05, 0.1) is 17.5 Å². The molecule has 23 heavy (non-hydrogen) atoms. The highest BCUT2D eigenvalue weighted by Gasteiger charge is 2.49. The number of aliphatic imine (C=N–C) groups is 1. The van der Waals surface area contributed by atoms with E-state index in [0.717, 1.165) is 11.3 Å². The summed E-state index contributed by atoms with van der Waals surface area (Å²) in [5.74, 6) is -0.0760. The zero-order valence-electron chi connectivity index (χ0n) is 13.4. The molecule has 2 heterocycles. The van der Waals surface area contributed by atoms with E-state index in [1.807, 2.05) is 49.9 Å². The van der Waals surface area contributed by atoms with Crippen molar-refractivity contribution in [2.75, 3.05) is 16.4 Å². The van der Waals surface area contributed by atoms with Crippen molar-refractivity contribution in [1.29, 1.82) is 0 Å². The number of sulfone groups is 1. The van der Waals surface area contributed by atoms with Gasteiger partial charge in [-0.3, -0.25) is 4.79 Å². The minimum atomic E-state index is -3.03. The number of amidine groups is 1. The van der Waals surface area contributed by atoms with E-state index >= 15 is 0 Å². The number of hydrogen-bond donors (Lipinski definition) is 0. The van der Waals surface area contributed by atoms with Gasteiger partial charge in [-0.05, 0) is 18.6 Å². The highest BCUT2D eigenvalue weighted by atomic mass is 32.2. The lowest BCUT2D eigenvalue weighted by atomic mass is 10.1. The summed E-state index contributed by atoms with van der Waals surface area (Å²) >= 11 is 1.42. The number of rotatable bonds is 2. The van der Waals surface area contributed by atoms with Crippen molar-refractivity contribution in [3.8, 4) is 0 Å². The molecule has 0 bridgehead atoms. The zero-order valence-corrected chi connectivity index (χ0v) is 15.0. The molecule has 0 unspecified atom stereocenters. The Morgan fingerprint density at radius 2 is 2.00 bits per heavy atom. The summed E-state index contributed by atoms with van der Waals surface area (Å²) in [6, 6.07) is 7.66. The van der Waals surface area contributed by atoms with Gasteiger partial charge in [-0.25, -0.2) is 8.42 Å². The molecular formula is C16H20N2O3S2. The first kappa shape index (κ1) is 16.5. The van der Waals surface area contributed by atoms with E-state index in [1.165, 1.54) is 11.8 Å². The van der Waals surface area contributed by atoms with Gasteiger partial charge in [0.25, 0.3) is 5.91 Å². The minimum absolute atomic E-state index is 0.0571. The van der Waals surface area contributed by atoms with E-state index in [0.29, 0.717) is 5.17 Å². The SMILES string of the molecule is Cc1ccccc1N1C(=NC(=O)C(C)C)S[C@@H]2CS(=O)(=O)C[C@@H]21. The maximum atomic E-state index is 12.1. The number of carbonyl (C=O) groups is 1. The van der Waals surface area contributed by atoms with Crippen LogP contribution in [0.2, 0.25) is 0 Å². The van der Waals surface area contributed by atoms with Gasteiger partial charge in [-0.1, -0.05) is 43.8 Å². The topological polar surface area (TPSA) is 66.8 Å². The number of hydrogen-bond acceptors (Lipinski definition) is 4. The van der Waals surface area contributed by atoms with Crippen LogP contribution in [0, 0.1) is 12.8 Å². The predicted molar refractivity (Wildman–Crippen MR) is 94.8 cm³/mol. The summed E-state index contributed by atoms with van der Waals surface area (Å²) in [4.78, 5) is 18.3. The molecule has 0 radical (unpaired) electrons. The molecule has 0 saturated carbocycles. The molecule has 2 saturated heterocycles. The average molecular weight is 352 g/mol. The van der Waals surface area contributed by atoms with Crippen molar-refractivity contribution >= 4 is 38.4 Å². The van der Waals surface area contributed by atoms with Crippen LogP contribution in [-0.2, 0) is 14.6 Å². The van der Waals surface area contributed by atoms with Crippen LogP contribution in [-0.4, -0.2) is 42.3 Å². The highest BCUT2D eigenvalue weighted by Crippen LogP contribution is 2.41. The van der Waals surface area contributed by atoms with Crippen LogP contribution in [0.15, 0.2) is 29.3 Å². The van der Waals surface area contributed by atoms with Crippen molar-refractivity contribution in [1.82, 2.24) is 0 Å². The molecule has 5 nitrogen and oxygen atoms in total. The number of nitrogens with zero attached hydrogens (tertiary/aromatic N) is 2. The Morgan fingerprint density at radius 1 is 1.30 bits per heavy atom. The summed E-state index contributed by atoms with van der Waals surface area (Å²) in [5, 5.41) is 0.571. The van der Waals surface area contributed by atoms with E-state index in [1.54, 1.807) is 0 Å². The quantitative estimate of drug-likeness (QED) is 0.817. The fraction of sp³-hybridized carbons (Fsp3) is 0.500. The summed E-state index contributed by atoms with van der Waals surface area (Å²) in [5.41, 5.74) is 1.97. The molecule has 2 aliphatic heterocycles. The smallest absolute Gasteiger partial charge is 0.250 e. The summed E-state index contributed by atoms with van der Waals surface area (Å²) in [6.07, 6.45) is 0. The zero-order chi connectivity index (χ0) is 16.8. The third kappa shape index (κ3) is 3.17. The number of para-hydroxylation sites is 1. The van der Waals surface area contributed by atoms with Gasteiger partial charge in [0.1, 0.15) is 0 Å². The first-order valence-electron chi connectivity index (χ1n) is 7.63. The van der Waals surface area contributed by atoms with Crippen molar-refractivity contribution in [2.24, 2.45) is 10.9 Å². The summed E-state index contributed by atoms with van der Waals surface area (Å²) < 4.78 is 24.0. The third-order valence-corrected chi connectivity index (χ3v) is 7.35. The Morgan fingerprint density at radius 3 is 2.65 bits per heavy atom. The molecular weight excluding hydrogens is 332 g/mol. The molecule has 0 N–H and O–H groups in total. The fourth-order valence-corrected chi connectivity index (χ4v) is 6.82. The molecule has 2 fully saturated rings. The first-order chi connectivity index (χ1) is 10.8. The lowest BCUT2D eigenvalue weighted by molar-refractivity contribution is -0.120. The van der Waals surface area contributed by atoms with Crippen LogP contribution in [0.1, 0.15) is 19.4 Å². The van der Waals surface area contributed by atoms with Crippen molar-refractivity contribution in [3.05, 3.63) is 29.8 Å². The van der Waals surface area contributed by atoms with Crippen molar-refractivity contribution in [2.45, 2.75) is 32.1 Å². The second-order valence-electron chi connectivity index (χ2n) is 6.34. The van der Waals surface area contributed by atoms with E-state index in [2.05, 4.69) is 4.99 Å². The van der Waals surface area contributed by atoms with Crippen LogP contribution in [0.4, 0.5) is 5.69 Å². The molecule has 7 heteroatoms. The minimum Gasteiger partial charge on any atom is -0.315 e. The number of amides is 1. The van der Waals surface area contributed by atoms with Crippen LogP contribution in [0.5, 0.6) is 0 Å². The van der Waals surface area contributed by atoms with Gasteiger partial charge in [-0.2, -0.15) is 4.99 Å². The molecule has 2 atom stereocenters. The monoisotopic (exact) mass is 352 g/mol. The number of fused-ring (bicyclic) bond motifs is 1. The molecule has 0 aromatic heterocycles. The second-order valence-corrected chi connectivity index (χ2v) is 9.70. The number of benzene rings is 1. The van der Waals surface area contributed by atoms with Crippen LogP contribution >= 0.6 is 11.8 Å². The van der Waals surface area contributed by atoms with E-state index in [4.69, 9.17) is 0 Å². The van der Waals surface area contributed by atoms with Gasteiger partial charge in [0.2, 0.25) is 0 Å². The lowest BCUT2D eigenvalue weighted by Gasteiger charge is -2.26. The molecule has 1 aromatic rings. The lowest BCUT2D eigenvalue weighted by Crippen LogP contribution is -2.38. The summed E-state index contributed by atoms with van der Waals surface area (Å²) in [6.45, 7) is 5.61. The third-order valence-electron chi connectivity index (χ3n) is 4.14. The molecule has 124 valence electrons. The maximum absolute atomic E-state index is 12.1. The number of aryl methyl sites for hydroxylation is 1. The fourth-order valence-electron chi connectivity index (χ4n) is 2.90. The average Bonchev–Trinajstić information content (AvgIpc) is 2.91. The second kappa shape index (κ2) is 5.94. The van der Waals surface area contributed by atoms with Crippen molar-refractivity contribution < 1.29 is 13.2 Å². The normalized spacial score (nSPS) is 27.7. The Labute approximate surface area is 141 Å². The molecule has 1 aromatic carbocycles. The van der Waals surface area contributed by atoms with Gasteiger partial charge < -0.3 is 4.90 Å². The van der Waals surface area contributed by atoms with Gasteiger partial charge in [-0.15, -0.1) is 0 Å². The van der Waals surface area contributed by atoms with Crippen LogP contribution < -0.4 is 4.90 Å². The largest absolute Gasteiger partial charge is 0.315 e. The Kier molecular flexibility index (Phi) is 4.27. The number of carbonyl (C=O) groups excluding carboxylic acids is 1. The standard InChI is InChI=1S/C16H20N2O3S2/c1-10(2)15(19)17-16-18(12-7-5-4-6-11(12)3)13-8-23(20,21)9-14(13)22-16/h4-7,10,13-14H,8-9H2,1-3H3/t13-,14+/m0/s1. The van der Waals surface area contributed by atoms with E-state index in [9.17, 15) is 13.2 Å². The molecule has 2 aliphatic rings. The molecule has 1 amide bonds. The van der Waals surface area contributed by atoms with Gasteiger partial charge in [0.15, 0.2) is 15.0 Å². The van der Waals surface area contributed by atoms with Crippen molar-refractivity contribution in [3.63, 3.8) is 0 Å². The highest BCUT2D eigenvalue weighted by molar-refractivity contribution is 8.16. The van der Waals surface area contributed by atoms with E-state index < -0.39 is 9.84 Å². The Balaban J connectivity index is 2.05. The van der Waals surface area contributed by atoms with Gasteiger partial charge in [0, 0.05) is 16.9 Å². The number of anilines is 1. The Hall–Kier alpha value is -1.34. The van der Waals surface area contributed by atoms with Crippen LogP contribution in [0.25, 0.3) is 0 Å². The van der Waals surface area contributed by atoms with E-state index in [-0.39, 0.29) is 34.6 Å². The Bertz CT molecular complexity index is 771. The predicted octanol–water partition coefficient (Wildman–Crippen LogP) is 2.25.